The summed E-state index contributed by atoms with van der Waals surface area (Å²) < 4.78 is 0. The standard InChI is InChI=1S/C48H66N2O2.2Na/c1-45(2,3)37-17-35(43(51)39(19-37)47-21-29-11-30(22-47)13-31(12-29)23-47)27-49-41-9-7-8-10-42(41)50-28-36-18-38(46(4,5)6)20-40(44(36)52)48-24-32-14-33(25-48)16-34(15-32)26-48;;/h17-20,27-34,41-42,51-52H,7-16,21-26H2,1-6H3;;/q;2*+1/p-2/t29?,30?,31?,32?,33?,34?,41-,42-,47?,48?;;/m1../s1. The molecule has 6 heteroatoms. The van der Waals surface area contributed by atoms with Crippen LogP contribution in [0.25, 0.3) is 0 Å². The fraction of sp³-hybridized carbons (Fsp3) is 0.708. The van der Waals surface area contributed by atoms with Crippen molar-refractivity contribution in [3.8, 4) is 11.5 Å². The molecule has 11 rings (SSSR count). The minimum Gasteiger partial charge on any atom is -0.872 e. The molecule has 0 spiro atoms. The molecule has 4 nitrogen and oxygen atoms in total. The minimum absolute atomic E-state index is 0. The van der Waals surface area contributed by atoms with E-state index in [-0.39, 0.29) is 104 Å². The zero-order valence-corrected chi connectivity index (χ0v) is 39.1. The van der Waals surface area contributed by atoms with E-state index >= 15 is 0 Å². The summed E-state index contributed by atoms with van der Waals surface area (Å²) in [5, 5.41) is 29.0. The fourth-order valence-electron chi connectivity index (χ4n) is 13.8. The third kappa shape index (κ3) is 7.67. The van der Waals surface area contributed by atoms with Gasteiger partial charge in [-0.15, -0.1) is 0 Å². The average Bonchev–Trinajstić information content (AvgIpc) is 3.05. The van der Waals surface area contributed by atoms with Crippen LogP contribution in [0.15, 0.2) is 34.3 Å². The molecule has 0 amide bonds. The number of hydrogen-bond donors (Lipinski definition) is 0. The predicted octanol–water partition coefficient (Wildman–Crippen LogP) is 4.22. The zero-order valence-electron chi connectivity index (χ0n) is 35.1. The van der Waals surface area contributed by atoms with E-state index in [1.165, 1.54) is 88.2 Å². The molecule has 0 heterocycles. The van der Waals surface area contributed by atoms with Crippen LogP contribution in [0, 0.1) is 35.5 Å². The van der Waals surface area contributed by atoms with E-state index in [1.807, 2.05) is 12.4 Å². The molecular formula is C48H64N2Na2O2. The first-order valence-electron chi connectivity index (χ1n) is 21.4. The van der Waals surface area contributed by atoms with Crippen LogP contribution in [-0.4, -0.2) is 24.5 Å². The van der Waals surface area contributed by atoms with E-state index in [2.05, 4.69) is 65.8 Å². The van der Waals surface area contributed by atoms with Crippen LogP contribution in [0.2, 0.25) is 0 Å². The number of benzene rings is 2. The van der Waals surface area contributed by atoms with Gasteiger partial charge in [0.05, 0.1) is 12.1 Å². The number of nitrogens with zero attached hydrogens (tertiary/aromatic N) is 2. The average molecular weight is 747 g/mol. The zero-order chi connectivity index (χ0) is 36.2. The van der Waals surface area contributed by atoms with Crippen LogP contribution in [0.1, 0.15) is 178 Å². The van der Waals surface area contributed by atoms with Gasteiger partial charge in [0.2, 0.25) is 0 Å². The van der Waals surface area contributed by atoms with Gasteiger partial charge in [-0.25, -0.2) is 0 Å². The van der Waals surface area contributed by atoms with Gasteiger partial charge >= 0.3 is 59.1 Å². The normalized spacial score (nSPS) is 36.9. The molecule has 280 valence electrons. The second-order valence-corrected chi connectivity index (χ2v) is 21.8. The summed E-state index contributed by atoms with van der Waals surface area (Å²) in [7, 11) is 0. The van der Waals surface area contributed by atoms with Crippen molar-refractivity contribution in [3.63, 3.8) is 0 Å². The number of rotatable bonds is 6. The summed E-state index contributed by atoms with van der Waals surface area (Å²) in [6.07, 6.45) is 23.5. The van der Waals surface area contributed by atoms with E-state index in [4.69, 9.17) is 9.98 Å². The van der Waals surface area contributed by atoms with Gasteiger partial charge in [0.15, 0.2) is 0 Å². The first-order chi connectivity index (χ1) is 24.7. The molecule has 54 heavy (non-hydrogen) atoms. The van der Waals surface area contributed by atoms with Gasteiger partial charge in [0.1, 0.15) is 0 Å². The summed E-state index contributed by atoms with van der Waals surface area (Å²) in [4.78, 5) is 10.5. The molecular weight excluding hydrogens is 683 g/mol. The van der Waals surface area contributed by atoms with Crippen molar-refractivity contribution < 1.29 is 69.3 Å². The molecule has 8 bridgehead atoms. The first-order valence-corrected chi connectivity index (χ1v) is 21.4. The van der Waals surface area contributed by atoms with Crippen LogP contribution in [0.3, 0.4) is 0 Å². The van der Waals surface area contributed by atoms with Gasteiger partial charge in [-0.05, 0) is 180 Å². The first kappa shape index (κ1) is 41.5. The van der Waals surface area contributed by atoms with Crippen molar-refractivity contribution in [2.45, 2.75) is 178 Å². The van der Waals surface area contributed by atoms with Gasteiger partial charge < -0.3 is 10.2 Å². The molecule has 0 unspecified atom stereocenters. The smallest absolute Gasteiger partial charge is 0.872 e. The Balaban J connectivity index is 0.00000225. The summed E-state index contributed by atoms with van der Waals surface area (Å²) in [6, 6.07) is 8.95. The van der Waals surface area contributed by atoms with Gasteiger partial charge in [0.25, 0.3) is 0 Å². The summed E-state index contributed by atoms with van der Waals surface area (Å²) in [5.74, 6) is 5.22. The Morgan fingerprint density at radius 3 is 1.09 bits per heavy atom. The Morgan fingerprint density at radius 2 is 0.815 bits per heavy atom. The van der Waals surface area contributed by atoms with E-state index < -0.39 is 0 Å². The summed E-state index contributed by atoms with van der Waals surface area (Å²) >= 11 is 0. The van der Waals surface area contributed by atoms with E-state index in [1.54, 1.807) is 0 Å². The number of hydrogen-bond acceptors (Lipinski definition) is 4. The molecule has 2 aromatic rings. The molecule has 9 aliphatic rings. The van der Waals surface area contributed by atoms with Crippen LogP contribution < -0.4 is 69.3 Å². The minimum atomic E-state index is -0.0440. The van der Waals surface area contributed by atoms with Crippen molar-refractivity contribution in [2.24, 2.45) is 45.5 Å². The predicted molar refractivity (Wildman–Crippen MR) is 210 cm³/mol. The molecule has 0 radical (unpaired) electrons. The molecule has 0 N–H and O–H groups in total. The molecule has 2 aromatic carbocycles. The van der Waals surface area contributed by atoms with Gasteiger partial charge in [-0.3, -0.25) is 9.98 Å². The van der Waals surface area contributed by atoms with Crippen molar-refractivity contribution in [2.75, 3.05) is 0 Å². The van der Waals surface area contributed by atoms with Crippen molar-refractivity contribution >= 4 is 12.4 Å². The van der Waals surface area contributed by atoms with E-state index in [0.29, 0.717) is 0 Å². The number of aliphatic imine (C=N–C) groups is 2. The van der Waals surface area contributed by atoms with Crippen molar-refractivity contribution in [3.05, 3.63) is 57.6 Å². The largest absolute Gasteiger partial charge is 1.00 e. The molecule has 9 fully saturated rings. The maximum Gasteiger partial charge on any atom is 1.00 e. The quantitative estimate of drug-likeness (QED) is 0.329. The third-order valence-corrected chi connectivity index (χ3v) is 15.7. The Morgan fingerprint density at radius 1 is 0.519 bits per heavy atom. The van der Waals surface area contributed by atoms with Gasteiger partial charge in [0, 0.05) is 12.4 Å². The molecule has 0 aliphatic heterocycles. The monoisotopic (exact) mass is 746 g/mol. The Hall–Kier alpha value is -0.620. The van der Waals surface area contributed by atoms with Crippen LogP contribution in [0.4, 0.5) is 0 Å². The molecule has 0 saturated heterocycles. The molecule has 9 aliphatic carbocycles. The third-order valence-electron chi connectivity index (χ3n) is 15.7. The van der Waals surface area contributed by atoms with Crippen LogP contribution in [-0.2, 0) is 21.7 Å². The maximum absolute atomic E-state index is 14.5. The van der Waals surface area contributed by atoms with Gasteiger partial charge in [-0.1, -0.05) is 90.1 Å². The van der Waals surface area contributed by atoms with Crippen LogP contribution >= 0.6 is 0 Å². The molecule has 9 saturated carbocycles. The summed E-state index contributed by atoms with van der Waals surface area (Å²) in [5.41, 5.74) is 6.27. The second-order valence-electron chi connectivity index (χ2n) is 21.8. The Kier molecular flexibility index (Phi) is 11.7. The Labute approximate surface area is 371 Å². The topological polar surface area (TPSA) is 70.8 Å². The maximum atomic E-state index is 14.5. The van der Waals surface area contributed by atoms with Gasteiger partial charge in [-0.2, -0.15) is 0 Å². The molecule has 0 aromatic heterocycles. The molecule has 2 atom stereocenters. The fourth-order valence-corrected chi connectivity index (χ4v) is 13.8. The SMILES string of the molecule is CC(C)(C)c1cc(C=N[C@@H]2CCCC[C@H]2N=Cc2cc(C(C)(C)C)cc(C34CC5CC(CC(C5)C3)C4)c2[O-])c([O-])c(C23CC4CC(CC(C4)C2)C3)c1.[Na+].[Na+]. The second kappa shape index (κ2) is 15.2. The van der Waals surface area contributed by atoms with Crippen molar-refractivity contribution in [1.82, 2.24) is 0 Å². The van der Waals surface area contributed by atoms with Crippen LogP contribution in [0.5, 0.6) is 11.5 Å². The Bertz CT molecular complexity index is 1580. The van der Waals surface area contributed by atoms with Crippen molar-refractivity contribution in [1.29, 1.82) is 0 Å². The van der Waals surface area contributed by atoms with E-state index in [0.717, 1.165) is 83.4 Å². The summed E-state index contributed by atoms with van der Waals surface area (Å²) in [6.45, 7) is 13.6. The van der Waals surface area contributed by atoms with E-state index in [9.17, 15) is 10.2 Å².